The number of amides is 1. The van der Waals surface area contributed by atoms with E-state index in [1.54, 1.807) is 0 Å². The lowest BCUT2D eigenvalue weighted by molar-refractivity contribution is -0.157. The van der Waals surface area contributed by atoms with Crippen molar-refractivity contribution in [2.45, 2.75) is 24.8 Å². The molecule has 5 nitrogen and oxygen atoms in total. The zero-order valence-electron chi connectivity index (χ0n) is 11.8. The monoisotopic (exact) mass is 342 g/mol. The Morgan fingerprint density at radius 2 is 1.96 bits per heavy atom. The second-order valence-electron chi connectivity index (χ2n) is 5.03. The standard InChI is InChI=1S/C12H12F6N4O/c1-21(10-19-4-2-8(20-10)12(16,17)18)7-3-5-22(9(7)23)6-11(13,14)15/h2,4,7H,3,5-6H2,1H3. The largest absolute Gasteiger partial charge is 0.433 e. The normalized spacial score (nSPS) is 19.3. The molecule has 1 aromatic rings. The van der Waals surface area contributed by atoms with Crippen LogP contribution in [0.25, 0.3) is 0 Å². The quantitative estimate of drug-likeness (QED) is 0.790. The second kappa shape index (κ2) is 5.85. The number of alkyl halides is 6. The number of halogens is 6. The molecule has 2 rings (SSSR count). The van der Waals surface area contributed by atoms with E-state index in [2.05, 4.69) is 9.97 Å². The number of carbonyl (C=O) groups excluding carboxylic acids is 1. The Morgan fingerprint density at radius 1 is 1.30 bits per heavy atom. The van der Waals surface area contributed by atoms with Crippen LogP contribution < -0.4 is 4.90 Å². The van der Waals surface area contributed by atoms with Gasteiger partial charge in [0.2, 0.25) is 11.9 Å². The van der Waals surface area contributed by atoms with Crippen molar-refractivity contribution in [2.24, 2.45) is 0 Å². The fourth-order valence-corrected chi connectivity index (χ4v) is 2.27. The lowest BCUT2D eigenvalue weighted by Gasteiger charge is -2.24. The van der Waals surface area contributed by atoms with Crippen molar-refractivity contribution in [3.8, 4) is 0 Å². The molecule has 0 aromatic carbocycles. The second-order valence-corrected chi connectivity index (χ2v) is 5.03. The van der Waals surface area contributed by atoms with Crippen LogP contribution in [0.5, 0.6) is 0 Å². The van der Waals surface area contributed by atoms with E-state index in [1.807, 2.05) is 0 Å². The van der Waals surface area contributed by atoms with Crippen LogP contribution >= 0.6 is 0 Å². The molecule has 2 heterocycles. The van der Waals surface area contributed by atoms with Gasteiger partial charge in [0.05, 0.1) is 0 Å². The fourth-order valence-electron chi connectivity index (χ4n) is 2.27. The Kier molecular flexibility index (Phi) is 4.40. The molecule has 1 atom stereocenters. The van der Waals surface area contributed by atoms with Crippen LogP contribution in [0.2, 0.25) is 0 Å². The Hall–Kier alpha value is -2.07. The van der Waals surface area contributed by atoms with Gasteiger partial charge in [0.1, 0.15) is 18.3 Å². The highest BCUT2D eigenvalue weighted by Crippen LogP contribution is 2.29. The van der Waals surface area contributed by atoms with Crippen LogP contribution in [-0.2, 0) is 11.0 Å². The van der Waals surface area contributed by atoms with Gasteiger partial charge in [-0.2, -0.15) is 26.3 Å². The molecule has 1 unspecified atom stereocenters. The third-order valence-corrected chi connectivity index (χ3v) is 3.36. The van der Waals surface area contributed by atoms with Crippen molar-refractivity contribution < 1.29 is 31.1 Å². The molecule has 0 radical (unpaired) electrons. The Balaban J connectivity index is 2.15. The number of likely N-dealkylation sites (tertiary alicyclic amines) is 1. The molecule has 0 spiro atoms. The van der Waals surface area contributed by atoms with E-state index in [0.29, 0.717) is 11.0 Å². The molecule has 0 saturated carbocycles. The Morgan fingerprint density at radius 3 is 2.52 bits per heavy atom. The molecule has 0 N–H and O–H groups in total. The third kappa shape index (κ3) is 4.02. The number of likely N-dealkylation sites (N-methyl/N-ethyl adjacent to an activating group) is 1. The number of rotatable bonds is 3. The number of nitrogens with zero attached hydrogens (tertiary/aromatic N) is 4. The van der Waals surface area contributed by atoms with Crippen molar-refractivity contribution in [3.63, 3.8) is 0 Å². The summed E-state index contributed by atoms with van der Waals surface area (Å²) in [6.45, 7) is -1.52. The summed E-state index contributed by atoms with van der Waals surface area (Å²) in [4.78, 5) is 20.6. The summed E-state index contributed by atoms with van der Waals surface area (Å²) in [6.07, 6.45) is -8.28. The minimum absolute atomic E-state index is 0.0466. The maximum Gasteiger partial charge on any atom is 0.433 e. The smallest absolute Gasteiger partial charge is 0.332 e. The van der Waals surface area contributed by atoms with E-state index in [-0.39, 0.29) is 18.9 Å². The van der Waals surface area contributed by atoms with Gasteiger partial charge in [-0.1, -0.05) is 0 Å². The van der Waals surface area contributed by atoms with Gasteiger partial charge < -0.3 is 9.80 Å². The summed E-state index contributed by atoms with van der Waals surface area (Å²) in [5, 5.41) is 0. The molecule has 1 saturated heterocycles. The molecule has 1 amide bonds. The van der Waals surface area contributed by atoms with Crippen LogP contribution in [0.15, 0.2) is 12.3 Å². The molecule has 1 aliphatic rings. The summed E-state index contributed by atoms with van der Waals surface area (Å²) in [6, 6.07) is -0.357. The van der Waals surface area contributed by atoms with E-state index in [4.69, 9.17) is 0 Å². The maximum absolute atomic E-state index is 12.6. The SMILES string of the molecule is CN(c1nccc(C(F)(F)F)n1)C1CCN(CC(F)(F)F)C1=O. The first kappa shape index (κ1) is 17.3. The minimum atomic E-state index is -4.68. The number of hydrogen-bond donors (Lipinski definition) is 0. The first-order chi connectivity index (χ1) is 10.5. The molecule has 1 aromatic heterocycles. The number of aromatic nitrogens is 2. The highest BCUT2D eigenvalue weighted by molar-refractivity contribution is 5.86. The molecular formula is C12H12F6N4O. The van der Waals surface area contributed by atoms with Gasteiger partial charge in [0.15, 0.2) is 0 Å². The van der Waals surface area contributed by atoms with Gasteiger partial charge in [-0.3, -0.25) is 4.79 Å². The van der Waals surface area contributed by atoms with Crippen molar-refractivity contribution in [2.75, 3.05) is 25.0 Å². The molecule has 0 bridgehead atoms. The van der Waals surface area contributed by atoms with E-state index < -0.39 is 36.5 Å². The molecule has 1 aliphatic heterocycles. The Bertz CT molecular complexity index is 588. The third-order valence-electron chi connectivity index (χ3n) is 3.36. The number of hydrogen-bond acceptors (Lipinski definition) is 4. The van der Waals surface area contributed by atoms with Crippen LogP contribution in [0.1, 0.15) is 12.1 Å². The highest BCUT2D eigenvalue weighted by Gasteiger charge is 2.41. The van der Waals surface area contributed by atoms with E-state index in [9.17, 15) is 31.1 Å². The highest BCUT2D eigenvalue weighted by atomic mass is 19.4. The summed E-state index contributed by atoms with van der Waals surface area (Å²) < 4.78 is 74.9. The van der Waals surface area contributed by atoms with Crippen LogP contribution in [0.4, 0.5) is 32.3 Å². The van der Waals surface area contributed by atoms with E-state index in [0.717, 1.165) is 11.1 Å². The van der Waals surface area contributed by atoms with Gasteiger partial charge in [-0.05, 0) is 12.5 Å². The van der Waals surface area contributed by atoms with Crippen molar-refractivity contribution >= 4 is 11.9 Å². The zero-order valence-corrected chi connectivity index (χ0v) is 11.8. The molecule has 0 aliphatic carbocycles. The summed E-state index contributed by atoms with van der Waals surface area (Å²) in [7, 11) is 1.27. The lowest BCUT2D eigenvalue weighted by Crippen LogP contribution is -2.43. The van der Waals surface area contributed by atoms with E-state index >= 15 is 0 Å². The first-order valence-corrected chi connectivity index (χ1v) is 6.47. The summed E-state index contributed by atoms with van der Waals surface area (Å²) >= 11 is 0. The van der Waals surface area contributed by atoms with Gasteiger partial charge in [-0.15, -0.1) is 0 Å². The predicted octanol–water partition coefficient (Wildman–Crippen LogP) is 2.09. The zero-order chi connectivity index (χ0) is 17.4. The van der Waals surface area contributed by atoms with Gasteiger partial charge in [0, 0.05) is 19.8 Å². The van der Waals surface area contributed by atoms with Crippen molar-refractivity contribution in [1.82, 2.24) is 14.9 Å². The predicted molar refractivity (Wildman–Crippen MR) is 66.5 cm³/mol. The van der Waals surface area contributed by atoms with Crippen LogP contribution in [0, 0.1) is 0 Å². The summed E-state index contributed by atoms with van der Waals surface area (Å²) in [5.41, 5.74) is -1.19. The maximum atomic E-state index is 12.6. The first-order valence-electron chi connectivity index (χ1n) is 6.47. The number of anilines is 1. The molecule has 11 heteroatoms. The molecular weight excluding hydrogens is 330 g/mol. The average Bonchev–Trinajstić information content (AvgIpc) is 2.77. The van der Waals surface area contributed by atoms with Crippen molar-refractivity contribution in [1.29, 1.82) is 0 Å². The van der Waals surface area contributed by atoms with Crippen molar-refractivity contribution in [3.05, 3.63) is 18.0 Å². The molecule has 128 valence electrons. The van der Waals surface area contributed by atoms with Crippen LogP contribution in [0.3, 0.4) is 0 Å². The van der Waals surface area contributed by atoms with Gasteiger partial charge in [-0.25, -0.2) is 9.97 Å². The Labute approximate surface area is 126 Å². The fraction of sp³-hybridized carbons (Fsp3) is 0.583. The van der Waals surface area contributed by atoms with E-state index in [1.165, 1.54) is 7.05 Å². The van der Waals surface area contributed by atoms with Gasteiger partial charge >= 0.3 is 12.4 Å². The minimum Gasteiger partial charge on any atom is -0.332 e. The van der Waals surface area contributed by atoms with Gasteiger partial charge in [0.25, 0.3) is 0 Å². The average molecular weight is 342 g/mol. The number of carbonyl (C=O) groups is 1. The molecule has 23 heavy (non-hydrogen) atoms. The lowest BCUT2D eigenvalue weighted by atomic mass is 10.2. The topological polar surface area (TPSA) is 49.3 Å². The summed E-state index contributed by atoms with van der Waals surface area (Å²) in [5.74, 6) is -1.18. The molecule has 1 fully saturated rings. The van der Waals surface area contributed by atoms with Crippen LogP contribution in [-0.4, -0.2) is 53.1 Å².